The van der Waals surface area contributed by atoms with Crippen LogP contribution >= 0.6 is 11.3 Å². The van der Waals surface area contributed by atoms with E-state index < -0.39 is 5.97 Å². The number of carboxylic acids is 1. The summed E-state index contributed by atoms with van der Waals surface area (Å²) in [5.74, 6) is 6.31. The lowest BCUT2D eigenvalue weighted by Gasteiger charge is -2.34. The summed E-state index contributed by atoms with van der Waals surface area (Å²) in [5.41, 5.74) is 0.158. The molecule has 1 atom stereocenters. The number of carbonyl (C=O) groups excluding carboxylic acids is 1. The van der Waals surface area contributed by atoms with Gasteiger partial charge in [0.25, 0.3) is 0 Å². The fourth-order valence-corrected chi connectivity index (χ4v) is 4.83. The van der Waals surface area contributed by atoms with Gasteiger partial charge in [-0.1, -0.05) is 18.8 Å². The highest BCUT2D eigenvalue weighted by atomic mass is 32.1. The van der Waals surface area contributed by atoms with Gasteiger partial charge in [-0.25, -0.2) is 4.79 Å². The summed E-state index contributed by atoms with van der Waals surface area (Å²) in [4.78, 5) is 27.7. The summed E-state index contributed by atoms with van der Waals surface area (Å²) in [5, 5.41) is 10.2. The Morgan fingerprint density at radius 3 is 2.54 bits per heavy atom. The molecule has 1 aromatic rings. The molecule has 0 saturated heterocycles. The van der Waals surface area contributed by atoms with Crippen LogP contribution < -0.4 is 4.90 Å². The predicted octanol–water partition coefficient (Wildman–Crippen LogP) is 4.40. The van der Waals surface area contributed by atoms with Crippen molar-refractivity contribution in [2.24, 2.45) is 17.8 Å². The van der Waals surface area contributed by atoms with Crippen LogP contribution in [0.1, 0.15) is 67.6 Å². The summed E-state index contributed by atoms with van der Waals surface area (Å²) in [6, 6.07) is 1.37. The Labute approximate surface area is 171 Å². The van der Waals surface area contributed by atoms with Gasteiger partial charge < -0.3 is 9.84 Å². The minimum atomic E-state index is -1.02. The number of carbonyl (C=O) groups is 2. The molecule has 0 aromatic carbocycles. The highest BCUT2D eigenvalue weighted by Gasteiger charge is 2.34. The molecule has 1 amide bonds. The molecule has 5 nitrogen and oxygen atoms in total. The molecule has 1 unspecified atom stereocenters. The van der Waals surface area contributed by atoms with Gasteiger partial charge in [-0.15, -0.1) is 11.3 Å². The number of hydrogen-bond donors (Lipinski definition) is 1. The number of carboxylic acid groups (broad SMARTS) is 1. The second-order valence-corrected chi connectivity index (χ2v) is 9.18. The van der Waals surface area contributed by atoms with Crippen molar-refractivity contribution in [1.29, 1.82) is 0 Å². The van der Waals surface area contributed by atoms with Gasteiger partial charge in [0.1, 0.15) is 5.00 Å². The normalized spacial score (nSPS) is 22.8. The molecule has 2 fully saturated rings. The summed E-state index contributed by atoms with van der Waals surface area (Å²) in [6.45, 7) is 4.49. The van der Waals surface area contributed by atoms with E-state index >= 15 is 0 Å². The molecule has 0 radical (unpaired) electrons. The Hall–Kier alpha value is -1.84. The molecule has 3 rings (SSSR count). The van der Waals surface area contributed by atoms with Crippen molar-refractivity contribution in [3.63, 3.8) is 0 Å². The molecular formula is C22H29NO4S. The van der Waals surface area contributed by atoms with Gasteiger partial charge in [0.15, 0.2) is 0 Å². The van der Waals surface area contributed by atoms with Crippen LogP contribution in [0.5, 0.6) is 0 Å². The van der Waals surface area contributed by atoms with E-state index in [1.165, 1.54) is 11.3 Å². The van der Waals surface area contributed by atoms with Crippen molar-refractivity contribution in [2.75, 3.05) is 18.6 Å². The van der Waals surface area contributed by atoms with Crippen LogP contribution in [-0.4, -0.2) is 36.7 Å². The molecule has 2 aliphatic carbocycles. The minimum Gasteiger partial charge on any atom is -0.478 e. The Morgan fingerprint density at radius 2 is 1.96 bits per heavy atom. The molecular weight excluding hydrogens is 374 g/mol. The van der Waals surface area contributed by atoms with Crippen LogP contribution in [0.2, 0.25) is 0 Å². The number of amides is 1. The van der Waals surface area contributed by atoms with E-state index in [0.29, 0.717) is 28.3 Å². The van der Waals surface area contributed by atoms with E-state index in [0.717, 1.165) is 38.5 Å². The van der Waals surface area contributed by atoms with Gasteiger partial charge in [0.2, 0.25) is 5.91 Å². The Kier molecular flexibility index (Phi) is 6.79. The topological polar surface area (TPSA) is 66.8 Å². The molecule has 152 valence electrons. The SMILES string of the molecule is COCC(C)N(C(=O)C1CCC(C)CC1)c1sc(C#CC2CC2)cc1C(=O)O. The average molecular weight is 404 g/mol. The first-order chi connectivity index (χ1) is 13.4. The molecule has 1 N–H and O–H groups in total. The third kappa shape index (κ3) is 4.95. The zero-order valence-electron chi connectivity index (χ0n) is 16.9. The van der Waals surface area contributed by atoms with Gasteiger partial charge in [-0.2, -0.15) is 0 Å². The lowest BCUT2D eigenvalue weighted by molar-refractivity contribution is -0.124. The third-order valence-corrected chi connectivity index (χ3v) is 6.64. The maximum atomic E-state index is 13.4. The van der Waals surface area contributed by atoms with Crippen LogP contribution in [0.25, 0.3) is 0 Å². The summed E-state index contributed by atoms with van der Waals surface area (Å²) in [7, 11) is 1.60. The first-order valence-corrected chi connectivity index (χ1v) is 10.9. The smallest absolute Gasteiger partial charge is 0.338 e. The van der Waals surface area contributed by atoms with Crippen LogP contribution in [0, 0.1) is 29.6 Å². The Morgan fingerprint density at radius 1 is 1.29 bits per heavy atom. The van der Waals surface area contributed by atoms with Gasteiger partial charge in [0, 0.05) is 18.9 Å². The highest BCUT2D eigenvalue weighted by Crippen LogP contribution is 2.37. The number of aromatic carboxylic acids is 1. The zero-order valence-corrected chi connectivity index (χ0v) is 17.7. The first kappa shape index (κ1) is 20.9. The molecule has 28 heavy (non-hydrogen) atoms. The lowest BCUT2D eigenvalue weighted by Crippen LogP contribution is -2.45. The number of anilines is 1. The van der Waals surface area contributed by atoms with Crippen LogP contribution in [0.3, 0.4) is 0 Å². The van der Waals surface area contributed by atoms with E-state index in [1.54, 1.807) is 18.1 Å². The van der Waals surface area contributed by atoms with Crippen LogP contribution in [-0.2, 0) is 9.53 Å². The highest BCUT2D eigenvalue weighted by molar-refractivity contribution is 7.17. The van der Waals surface area contributed by atoms with Gasteiger partial charge >= 0.3 is 5.97 Å². The van der Waals surface area contributed by atoms with Gasteiger partial charge in [-0.05, 0) is 57.4 Å². The Balaban J connectivity index is 1.93. The van der Waals surface area contributed by atoms with Crippen molar-refractivity contribution in [3.05, 3.63) is 16.5 Å². The first-order valence-electron chi connectivity index (χ1n) is 10.1. The number of rotatable bonds is 6. The number of methoxy groups -OCH3 is 1. The van der Waals surface area contributed by atoms with E-state index in [4.69, 9.17) is 4.74 Å². The number of ether oxygens (including phenoxy) is 1. The largest absolute Gasteiger partial charge is 0.478 e. The van der Waals surface area contributed by atoms with Crippen molar-refractivity contribution < 1.29 is 19.4 Å². The molecule has 6 heteroatoms. The third-order valence-electron chi connectivity index (χ3n) is 5.59. The Bertz CT molecular complexity index is 778. The molecule has 0 bridgehead atoms. The fourth-order valence-electron chi connectivity index (χ4n) is 3.71. The van der Waals surface area contributed by atoms with Crippen molar-refractivity contribution in [1.82, 2.24) is 0 Å². The molecule has 2 aliphatic rings. The molecule has 0 spiro atoms. The maximum absolute atomic E-state index is 13.4. The van der Waals surface area contributed by atoms with Crippen LogP contribution in [0.4, 0.5) is 5.00 Å². The van der Waals surface area contributed by atoms with Gasteiger partial charge in [0.05, 0.1) is 23.1 Å². The second-order valence-electron chi connectivity index (χ2n) is 8.15. The maximum Gasteiger partial charge on any atom is 0.338 e. The predicted molar refractivity (Wildman–Crippen MR) is 111 cm³/mol. The second kappa shape index (κ2) is 9.11. The van der Waals surface area contributed by atoms with E-state index in [9.17, 15) is 14.7 Å². The fraction of sp³-hybridized carbons (Fsp3) is 0.636. The number of hydrogen-bond acceptors (Lipinski definition) is 4. The number of nitrogens with zero attached hydrogens (tertiary/aromatic N) is 1. The summed E-state index contributed by atoms with van der Waals surface area (Å²) in [6.07, 6.45) is 6.03. The minimum absolute atomic E-state index is 0.0162. The summed E-state index contributed by atoms with van der Waals surface area (Å²) < 4.78 is 5.29. The molecule has 1 heterocycles. The average Bonchev–Trinajstić information content (AvgIpc) is 3.39. The molecule has 0 aliphatic heterocycles. The monoisotopic (exact) mass is 403 g/mol. The quantitative estimate of drug-likeness (QED) is 0.715. The molecule has 1 aromatic heterocycles. The lowest BCUT2D eigenvalue weighted by atomic mass is 9.82. The standard InChI is InChI=1S/C22H29NO4S/c1-14-4-9-17(10-5-14)20(24)23(15(2)13-27-3)21-19(22(25)26)12-18(28-21)11-8-16-6-7-16/h12,14-17H,4-7,9-10,13H2,1-3H3,(H,25,26). The van der Waals surface area contributed by atoms with Crippen molar-refractivity contribution in [3.8, 4) is 11.8 Å². The van der Waals surface area contributed by atoms with E-state index in [-0.39, 0.29) is 23.4 Å². The van der Waals surface area contributed by atoms with Gasteiger partial charge in [-0.3, -0.25) is 9.69 Å². The van der Waals surface area contributed by atoms with Crippen LogP contribution in [0.15, 0.2) is 6.07 Å². The van der Waals surface area contributed by atoms with E-state index in [1.807, 2.05) is 6.92 Å². The number of thiophene rings is 1. The van der Waals surface area contributed by atoms with E-state index in [2.05, 4.69) is 18.8 Å². The summed E-state index contributed by atoms with van der Waals surface area (Å²) >= 11 is 1.31. The molecule has 2 saturated carbocycles. The van der Waals surface area contributed by atoms with Crippen molar-refractivity contribution in [2.45, 2.75) is 58.4 Å². The zero-order chi connectivity index (χ0) is 20.3. The van der Waals surface area contributed by atoms with Crippen molar-refractivity contribution >= 4 is 28.2 Å².